The summed E-state index contributed by atoms with van der Waals surface area (Å²) >= 11 is 0. The Kier molecular flexibility index (Phi) is 4.48. The van der Waals surface area contributed by atoms with E-state index < -0.39 is 16.1 Å². The van der Waals surface area contributed by atoms with E-state index in [-0.39, 0.29) is 16.7 Å². The Hall–Kier alpha value is -3.04. The Bertz CT molecular complexity index is 1120. The zero-order chi connectivity index (χ0) is 19.9. The molecule has 4 rings (SSSR count). The quantitative estimate of drug-likeness (QED) is 0.687. The molecule has 28 heavy (non-hydrogen) atoms. The Balaban J connectivity index is 1.54. The molecule has 0 unspecified atom stereocenters. The number of hydrogen-bond donors (Lipinski definition) is 2. The SMILES string of the molecule is C[C@H](NS(=O)(=O)c1ccc2c(c1)[C@@H](C)C(=O)N2)c1ccc(-n2cncn2)cc1. The molecule has 0 saturated heterocycles. The van der Waals surface area contributed by atoms with Crippen molar-refractivity contribution in [2.45, 2.75) is 30.7 Å². The van der Waals surface area contributed by atoms with Gasteiger partial charge in [-0.1, -0.05) is 12.1 Å². The number of nitrogens with zero attached hydrogens (tertiary/aromatic N) is 3. The highest BCUT2D eigenvalue weighted by Crippen LogP contribution is 2.34. The highest BCUT2D eigenvalue weighted by atomic mass is 32.2. The third-order valence-corrected chi connectivity index (χ3v) is 6.40. The molecule has 0 radical (unpaired) electrons. The molecule has 1 aromatic heterocycles. The second-order valence-corrected chi connectivity index (χ2v) is 8.45. The van der Waals surface area contributed by atoms with Crippen LogP contribution in [0.5, 0.6) is 0 Å². The highest BCUT2D eigenvalue weighted by molar-refractivity contribution is 7.89. The summed E-state index contributed by atoms with van der Waals surface area (Å²) in [7, 11) is -3.74. The van der Waals surface area contributed by atoms with Gasteiger partial charge >= 0.3 is 0 Å². The van der Waals surface area contributed by atoms with E-state index in [0.29, 0.717) is 11.3 Å². The molecule has 9 heteroatoms. The van der Waals surface area contributed by atoms with Gasteiger partial charge in [-0.05, 0) is 55.3 Å². The normalized spacial score (nSPS) is 17.2. The number of amides is 1. The second-order valence-electron chi connectivity index (χ2n) is 6.73. The molecule has 0 bridgehead atoms. The first-order chi connectivity index (χ1) is 13.3. The van der Waals surface area contributed by atoms with E-state index in [4.69, 9.17) is 0 Å². The first kappa shape index (κ1) is 18.3. The van der Waals surface area contributed by atoms with Gasteiger partial charge in [0.1, 0.15) is 12.7 Å². The summed E-state index contributed by atoms with van der Waals surface area (Å²) in [6.45, 7) is 3.54. The third kappa shape index (κ3) is 3.30. The number of fused-ring (bicyclic) bond motifs is 1. The van der Waals surface area contributed by atoms with Gasteiger partial charge in [-0.25, -0.2) is 22.8 Å². The van der Waals surface area contributed by atoms with Crippen molar-refractivity contribution >= 4 is 21.6 Å². The first-order valence-electron chi connectivity index (χ1n) is 8.77. The van der Waals surface area contributed by atoms with Gasteiger partial charge in [0, 0.05) is 11.7 Å². The van der Waals surface area contributed by atoms with E-state index in [1.54, 1.807) is 37.0 Å². The van der Waals surface area contributed by atoms with E-state index in [0.717, 1.165) is 11.3 Å². The number of rotatable bonds is 5. The van der Waals surface area contributed by atoms with Crippen molar-refractivity contribution in [2.75, 3.05) is 5.32 Å². The Morgan fingerprint density at radius 2 is 1.93 bits per heavy atom. The van der Waals surface area contributed by atoms with E-state index in [1.807, 2.05) is 24.3 Å². The summed E-state index contributed by atoms with van der Waals surface area (Å²) < 4.78 is 30.0. The molecule has 0 fully saturated rings. The maximum Gasteiger partial charge on any atom is 0.241 e. The minimum absolute atomic E-state index is 0.127. The maximum atomic E-state index is 12.8. The molecule has 1 aliphatic heterocycles. The standard InChI is InChI=1S/C19H19N5O3S/c1-12-17-9-16(7-8-18(17)22-19(12)25)28(26,27)23-13(2)14-3-5-15(6-4-14)24-11-20-10-21-24/h3-13,23H,1-2H3,(H,22,25)/t12-,13+/m1/s1. The van der Waals surface area contributed by atoms with Crippen molar-refractivity contribution in [2.24, 2.45) is 0 Å². The fourth-order valence-corrected chi connectivity index (χ4v) is 4.46. The van der Waals surface area contributed by atoms with Gasteiger partial charge in [0.2, 0.25) is 15.9 Å². The molecular weight excluding hydrogens is 378 g/mol. The molecule has 144 valence electrons. The van der Waals surface area contributed by atoms with Crippen molar-refractivity contribution in [3.05, 3.63) is 66.2 Å². The van der Waals surface area contributed by atoms with Crippen molar-refractivity contribution in [3.63, 3.8) is 0 Å². The van der Waals surface area contributed by atoms with Gasteiger partial charge in [-0.15, -0.1) is 0 Å². The Morgan fingerprint density at radius 1 is 1.18 bits per heavy atom. The number of benzene rings is 2. The van der Waals surface area contributed by atoms with Crippen LogP contribution in [0.25, 0.3) is 5.69 Å². The predicted octanol–water partition coefficient (Wildman–Crippen LogP) is 2.36. The molecule has 0 aliphatic carbocycles. The Morgan fingerprint density at radius 3 is 2.61 bits per heavy atom. The summed E-state index contributed by atoms with van der Waals surface area (Å²) in [5.74, 6) is -0.495. The van der Waals surface area contributed by atoms with Gasteiger partial charge in [0.25, 0.3) is 0 Å². The van der Waals surface area contributed by atoms with Crippen molar-refractivity contribution in [3.8, 4) is 5.69 Å². The zero-order valence-corrected chi connectivity index (χ0v) is 16.1. The minimum Gasteiger partial charge on any atom is -0.325 e. The molecular formula is C19H19N5O3S. The lowest BCUT2D eigenvalue weighted by Crippen LogP contribution is -2.27. The zero-order valence-electron chi connectivity index (χ0n) is 15.3. The molecule has 2 heterocycles. The number of aromatic nitrogens is 3. The van der Waals surface area contributed by atoms with Crippen molar-refractivity contribution < 1.29 is 13.2 Å². The summed E-state index contributed by atoms with van der Waals surface area (Å²) in [6.07, 6.45) is 3.04. The molecule has 1 aliphatic rings. The third-order valence-electron chi connectivity index (χ3n) is 4.86. The maximum absolute atomic E-state index is 12.8. The van der Waals surface area contributed by atoms with E-state index in [2.05, 4.69) is 20.1 Å². The Labute approximate surface area is 162 Å². The highest BCUT2D eigenvalue weighted by Gasteiger charge is 2.28. The van der Waals surface area contributed by atoms with E-state index in [1.165, 1.54) is 12.4 Å². The number of carbonyl (C=O) groups excluding carboxylic acids is 1. The van der Waals surface area contributed by atoms with Crippen LogP contribution < -0.4 is 10.0 Å². The van der Waals surface area contributed by atoms with Crippen LogP contribution >= 0.6 is 0 Å². The number of nitrogens with one attached hydrogen (secondary N) is 2. The van der Waals surface area contributed by atoms with Crippen LogP contribution in [0, 0.1) is 0 Å². The lowest BCUT2D eigenvalue weighted by atomic mass is 10.0. The summed E-state index contributed by atoms with van der Waals surface area (Å²) in [5.41, 5.74) is 3.01. The molecule has 3 aromatic rings. The summed E-state index contributed by atoms with van der Waals surface area (Å²) in [5, 5.41) is 6.81. The fourth-order valence-electron chi connectivity index (χ4n) is 3.19. The largest absolute Gasteiger partial charge is 0.325 e. The van der Waals surface area contributed by atoms with Crippen LogP contribution in [0.2, 0.25) is 0 Å². The van der Waals surface area contributed by atoms with Crippen molar-refractivity contribution in [1.82, 2.24) is 19.5 Å². The van der Waals surface area contributed by atoms with E-state index >= 15 is 0 Å². The lowest BCUT2D eigenvalue weighted by molar-refractivity contribution is -0.116. The predicted molar refractivity (Wildman–Crippen MR) is 104 cm³/mol. The van der Waals surface area contributed by atoms with Gasteiger partial charge < -0.3 is 5.32 Å². The second kappa shape index (κ2) is 6.84. The van der Waals surface area contributed by atoms with Gasteiger partial charge in [-0.3, -0.25) is 4.79 Å². The molecule has 2 aromatic carbocycles. The van der Waals surface area contributed by atoms with Crippen LogP contribution in [0.15, 0.2) is 60.0 Å². The number of carbonyl (C=O) groups is 1. The average Bonchev–Trinajstić information content (AvgIpc) is 3.30. The van der Waals surface area contributed by atoms with Crippen LogP contribution in [0.4, 0.5) is 5.69 Å². The number of sulfonamides is 1. The summed E-state index contributed by atoms with van der Waals surface area (Å²) in [6, 6.07) is 11.6. The van der Waals surface area contributed by atoms with Gasteiger partial charge in [-0.2, -0.15) is 5.10 Å². The van der Waals surface area contributed by atoms with Crippen LogP contribution in [0.1, 0.15) is 36.9 Å². The molecule has 2 atom stereocenters. The molecule has 1 amide bonds. The summed E-state index contributed by atoms with van der Waals surface area (Å²) in [4.78, 5) is 15.8. The lowest BCUT2D eigenvalue weighted by Gasteiger charge is -2.16. The van der Waals surface area contributed by atoms with Crippen LogP contribution in [-0.4, -0.2) is 29.1 Å². The topological polar surface area (TPSA) is 106 Å². The van der Waals surface area contributed by atoms with Crippen molar-refractivity contribution in [1.29, 1.82) is 0 Å². The van der Waals surface area contributed by atoms with Gasteiger partial charge in [0.05, 0.1) is 16.5 Å². The van der Waals surface area contributed by atoms with Crippen LogP contribution in [-0.2, 0) is 14.8 Å². The van der Waals surface area contributed by atoms with E-state index in [9.17, 15) is 13.2 Å². The first-order valence-corrected chi connectivity index (χ1v) is 10.3. The van der Waals surface area contributed by atoms with Crippen LogP contribution in [0.3, 0.4) is 0 Å². The average molecular weight is 397 g/mol. The molecule has 0 spiro atoms. The number of hydrogen-bond acceptors (Lipinski definition) is 5. The molecule has 8 nitrogen and oxygen atoms in total. The smallest absolute Gasteiger partial charge is 0.241 e. The monoisotopic (exact) mass is 397 g/mol. The van der Waals surface area contributed by atoms with Gasteiger partial charge in [0.15, 0.2) is 0 Å². The molecule has 0 saturated carbocycles. The minimum atomic E-state index is -3.74. The molecule has 2 N–H and O–H groups in total. The fraction of sp³-hybridized carbons (Fsp3) is 0.211. The number of anilines is 1.